The number of aryl methyl sites for hydroxylation is 2. The van der Waals surface area contributed by atoms with Crippen molar-refractivity contribution in [2.75, 3.05) is 13.2 Å². The number of aromatic nitrogens is 2. The molecular weight excluding hydrogens is 212 g/mol. The van der Waals surface area contributed by atoms with E-state index in [2.05, 4.69) is 10.3 Å². The lowest BCUT2D eigenvalue weighted by Crippen LogP contribution is -2.39. The van der Waals surface area contributed by atoms with Gasteiger partial charge in [-0.3, -0.25) is 0 Å². The van der Waals surface area contributed by atoms with E-state index in [1.165, 1.54) is 0 Å². The van der Waals surface area contributed by atoms with Crippen LogP contribution in [0.2, 0.25) is 0 Å². The topological polar surface area (TPSA) is 94.9 Å². The van der Waals surface area contributed by atoms with Crippen LogP contribution in [0.3, 0.4) is 0 Å². The smallest absolute Gasteiger partial charge is 0.223 e. The maximum Gasteiger partial charge on any atom is 0.223 e. The Morgan fingerprint density at radius 1 is 1.69 bits per heavy atom. The van der Waals surface area contributed by atoms with Crippen LogP contribution in [-0.2, 0) is 11.8 Å². The summed E-state index contributed by atoms with van der Waals surface area (Å²) in [7, 11) is 1.75. The van der Waals surface area contributed by atoms with Crippen molar-refractivity contribution in [3.8, 4) is 5.88 Å². The van der Waals surface area contributed by atoms with E-state index in [-0.39, 0.29) is 11.9 Å². The highest BCUT2D eigenvalue weighted by Gasteiger charge is 2.26. The fraction of sp³-hybridized carbons (Fsp3) is 0.556. The Bertz CT molecular complexity index is 423. The molecule has 1 saturated heterocycles. The molecule has 0 atom stereocenters. The molecule has 0 spiro atoms. The minimum absolute atomic E-state index is 0.000779. The third-order valence-electron chi connectivity index (χ3n) is 2.42. The lowest BCUT2D eigenvalue weighted by Gasteiger charge is -2.26. The zero-order chi connectivity index (χ0) is 11.7. The van der Waals surface area contributed by atoms with Crippen LogP contribution in [-0.4, -0.2) is 40.1 Å². The zero-order valence-electron chi connectivity index (χ0n) is 9.17. The number of amidine groups is 1. The molecule has 0 amide bonds. The molecule has 2 heterocycles. The van der Waals surface area contributed by atoms with Gasteiger partial charge in [0, 0.05) is 7.05 Å². The Hall–Kier alpha value is -1.76. The van der Waals surface area contributed by atoms with Crippen molar-refractivity contribution < 1.29 is 14.7 Å². The SMILES string of the molecule is Cc1nn(C)c(OC2COC2)c1C(N)=NO. The molecule has 1 aliphatic rings. The molecule has 1 aromatic rings. The molecule has 16 heavy (non-hydrogen) atoms. The minimum atomic E-state index is 0.000779. The van der Waals surface area contributed by atoms with Crippen molar-refractivity contribution in [3.05, 3.63) is 11.3 Å². The minimum Gasteiger partial charge on any atom is -0.469 e. The molecule has 0 saturated carbocycles. The summed E-state index contributed by atoms with van der Waals surface area (Å²) in [5.41, 5.74) is 6.76. The Morgan fingerprint density at radius 2 is 2.38 bits per heavy atom. The summed E-state index contributed by atoms with van der Waals surface area (Å²) in [6.07, 6.45) is 0.0139. The summed E-state index contributed by atoms with van der Waals surface area (Å²) in [6.45, 7) is 2.89. The third kappa shape index (κ3) is 1.69. The summed E-state index contributed by atoms with van der Waals surface area (Å²) in [5, 5.41) is 15.8. The highest BCUT2D eigenvalue weighted by atomic mass is 16.6. The molecule has 2 rings (SSSR count). The quantitative estimate of drug-likeness (QED) is 0.316. The standard InChI is InChI=1S/C9H14N4O3/c1-5-7(8(10)12-14)9(13(2)11-5)16-6-3-15-4-6/h6,14H,3-4H2,1-2H3,(H2,10,12). The first kappa shape index (κ1) is 10.7. The predicted molar refractivity (Wildman–Crippen MR) is 55.7 cm³/mol. The highest BCUT2D eigenvalue weighted by Crippen LogP contribution is 2.23. The first-order valence-corrected chi connectivity index (χ1v) is 4.89. The summed E-state index contributed by atoms with van der Waals surface area (Å²) in [4.78, 5) is 0. The van der Waals surface area contributed by atoms with E-state index in [9.17, 15) is 0 Å². The number of ether oxygens (including phenoxy) is 2. The van der Waals surface area contributed by atoms with E-state index in [0.717, 1.165) is 0 Å². The first-order valence-electron chi connectivity index (χ1n) is 4.89. The molecule has 88 valence electrons. The predicted octanol–water partition coefficient (Wildman–Crippen LogP) is -0.399. The molecule has 0 aliphatic carbocycles. The summed E-state index contributed by atoms with van der Waals surface area (Å²) in [5.74, 6) is 0.502. The summed E-state index contributed by atoms with van der Waals surface area (Å²) >= 11 is 0. The van der Waals surface area contributed by atoms with Gasteiger partial charge in [-0.2, -0.15) is 5.10 Å². The van der Waals surface area contributed by atoms with Crippen LogP contribution < -0.4 is 10.5 Å². The highest BCUT2D eigenvalue weighted by molar-refractivity contribution is 6.00. The van der Waals surface area contributed by atoms with E-state index >= 15 is 0 Å². The largest absolute Gasteiger partial charge is 0.469 e. The van der Waals surface area contributed by atoms with Gasteiger partial charge < -0.3 is 20.4 Å². The molecule has 7 nitrogen and oxygen atoms in total. The Balaban J connectivity index is 2.33. The van der Waals surface area contributed by atoms with Crippen molar-refractivity contribution >= 4 is 5.84 Å². The third-order valence-corrected chi connectivity index (χ3v) is 2.42. The normalized spacial score (nSPS) is 17.2. The van der Waals surface area contributed by atoms with Crippen molar-refractivity contribution in [1.29, 1.82) is 0 Å². The number of rotatable bonds is 3. The second-order valence-corrected chi connectivity index (χ2v) is 3.65. The van der Waals surface area contributed by atoms with Gasteiger partial charge in [-0.15, -0.1) is 0 Å². The van der Waals surface area contributed by atoms with Gasteiger partial charge in [-0.25, -0.2) is 4.68 Å². The molecule has 1 aromatic heterocycles. The molecule has 1 fully saturated rings. The first-order chi connectivity index (χ1) is 7.63. The molecule has 7 heteroatoms. The van der Waals surface area contributed by atoms with E-state index in [1.807, 2.05) is 0 Å². The summed E-state index contributed by atoms with van der Waals surface area (Å²) < 4.78 is 12.2. The Morgan fingerprint density at radius 3 is 2.88 bits per heavy atom. The van der Waals surface area contributed by atoms with Crippen LogP contribution in [0.15, 0.2) is 5.16 Å². The van der Waals surface area contributed by atoms with Crippen LogP contribution in [0, 0.1) is 6.92 Å². The van der Waals surface area contributed by atoms with Gasteiger partial charge in [-0.05, 0) is 6.92 Å². The van der Waals surface area contributed by atoms with Gasteiger partial charge in [0.25, 0.3) is 0 Å². The molecule has 3 N–H and O–H groups in total. The monoisotopic (exact) mass is 226 g/mol. The number of oxime groups is 1. The van der Waals surface area contributed by atoms with Crippen molar-refractivity contribution in [1.82, 2.24) is 9.78 Å². The number of nitrogens with two attached hydrogens (primary N) is 1. The number of nitrogens with zero attached hydrogens (tertiary/aromatic N) is 3. The molecule has 0 unspecified atom stereocenters. The second-order valence-electron chi connectivity index (χ2n) is 3.65. The van der Waals surface area contributed by atoms with E-state index in [0.29, 0.717) is 30.4 Å². The summed E-state index contributed by atoms with van der Waals surface area (Å²) in [6, 6.07) is 0. The van der Waals surface area contributed by atoms with Crippen LogP contribution in [0.5, 0.6) is 5.88 Å². The molecule has 1 aliphatic heterocycles. The lowest BCUT2D eigenvalue weighted by molar-refractivity contribution is -0.0826. The van der Waals surface area contributed by atoms with Crippen LogP contribution in [0.4, 0.5) is 0 Å². The van der Waals surface area contributed by atoms with Crippen molar-refractivity contribution in [3.63, 3.8) is 0 Å². The van der Waals surface area contributed by atoms with Gasteiger partial charge in [0.1, 0.15) is 11.7 Å². The van der Waals surface area contributed by atoms with Crippen molar-refractivity contribution in [2.45, 2.75) is 13.0 Å². The average Bonchev–Trinajstić information content (AvgIpc) is 2.46. The van der Waals surface area contributed by atoms with Gasteiger partial charge in [0.2, 0.25) is 5.88 Å². The molecule has 0 radical (unpaired) electrons. The molecule has 0 bridgehead atoms. The van der Waals surface area contributed by atoms with Gasteiger partial charge in [-0.1, -0.05) is 5.16 Å². The fourth-order valence-corrected chi connectivity index (χ4v) is 1.56. The second kappa shape index (κ2) is 4.01. The van der Waals surface area contributed by atoms with Crippen molar-refractivity contribution in [2.24, 2.45) is 17.9 Å². The maximum absolute atomic E-state index is 8.70. The van der Waals surface area contributed by atoms with E-state index < -0.39 is 0 Å². The van der Waals surface area contributed by atoms with Crippen LogP contribution >= 0.6 is 0 Å². The number of hydrogen-bond acceptors (Lipinski definition) is 5. The van der Waals surface area contributed by atoms with Gasteiger partial charge in [0.05, 0.1) is 18.9 Å². The lowest BCUT2D eigenvalue weighted by atomic mass is 10.2. The fourth-order valence-electron chi connectivity index (χ4n) is 1.56. The number of hydrogen-bond donors (Lipinski definition) is 2. The van der Waals surface area contributed by atoms with Crippen LogP contribution in [0.25, 0.3) is 0 Å². The Labute approximate surface area is 92.4 Å². The maximum atomic E-state index is 8.70. The van der Waals surface area contributed by atoms with Gasteiger partial charge in [0.15, 0.2) is 5.84 Å². The molecule has 0 aromatic carbocycles. The average molecular weight is 226 g/mol. The van der Waals surface area contributed by atoms with E-state index in [1.54, 1.807) is 18.7 Å². The van der Waals surface area contributed by atoms with E-state index in [4.69, 9.17) is 20.4 Å². The van der Waals surface area contributed by atoms with Gasteiger partial charge >= 0.3 is 0 Å². The Kier molecular flexibility index (Phi) is 2.69. The molecular formula is C9H14N4O3. The van der Waals surface area contributed by atoms with Crippen LogP contribution in [0.1, 0.15) is 11.3 Å². The zero-order valence-corrected chi connectivity index (χ0v) is 9.17.